The molecule has 3 heteroatoms. The lowest BCUT2D eigenvalue weighted by molar-refractivity contribution is -0.133. The molecule has 2 aliphatic carbocycles. The van der Waals surface area contributed by atoms with Gasteiger partial charge in [0, 0.05) is 31.1 Å². The van der Waals surface area contributed by atoms with Crippen LogP contribution in [-0.4, -0.2) is 36.0 Å². The first-order valence-corrected chi connectivity index (χ1v) is 8.86. The Balaban J connectivity index is 1.34. The number of nitrogens with zero attached hydrogens (tertiary/aromatic N) is 1. The summed E-state index contributed by atoms with van der Waals surface area (Å²) < 4.78 is 0. The first-order valence-electron chi connectivity index (χ1n) is 8.86. The van der Waals surface area contributed by atoms with Gasteiger partial charge in [0.05, 0.1) is 0 Å². The lowest BCUT2D eigenvalue weighted by Gasteiger charge is -2.26. The van der Waals surface area contributed by atoms with Crippen LogP contribution in [0.15, 0.2) is 0 Å². The average Bonchev–Trinajstić information content (AvgIpc) is 3.19. The molecule has 4 rings (SSSR count). The van der Waals surface area contributed by atoms with E-state index in [1.54, 1.807) is 0 Å². The SMILES string of the molecule is O=C(C1CC1C1CCCCC1)N1CCC2CCC(C1)N2. The van der Waals surface area contributed by atoms with Crippen LogP contribution in [0.3, 0.4) is 0 Å². The third-order valence-electron chi connectivity index (χ3n) is 6.25. The number of amides is 1. The van der Waals surface area contributed by atoms with Gasteiger partial charge in [0.2, 0.25) is 5.91 Å². The quantitative estimate of drug-likeness (QED) is 0.840. The Morgan fingerprint density at radius 3 is 2.60 bits per heavy atom. The third-order valence-corrected chi connectivity index (χ3v) is 6.25. The van der Waals surface area contributed by atoms with Gasteiger partial charge in [-0.1, -0.05) is 32.1 Å². The van der Waals surface area contributed by atoms with Crippen molar-refractivity contribution in [3.8, 4) is 0 Å². The Hall–Kier alpha value is -0.570. The molecule has 3 nitrogen and oxygen atoms in total. The third kappa shape index (κ3) is 2.49. The molecule has 2 saturated heterocycles. The van der Waals surface area contributed by atoms with Gasteiger partial charge in [-0.2, -0.15) is 0 Å². The second kappa shape index (κ2) is 5.32. The number of likely N-dealkylation sites (tertiary alicyclic amines) is 1. The smallest absolute Gasteiger partial charge is 0.226 e. The number of hydrogen-bond donors (Lipinski definition) is 1. The molecule has 20 heavy (non-hydrogen) atoms. The van der Waals surface area contributed by atoms with Gasteiger partial charge in [-0.3, -0.25) is 4.79 Å². The fraction of sp³-hybridized carbons (Fsp3) is 0.941. The molecule has 112 valence electrons. The summed E-state index contributed by atoms with van der Waals surface area (Å²) in [6, 6.07) is 1.27. The predicted octanol–water partition coefficient (Wildman–Crippen LogP) is 2.56. The van der Waals surface area contributed by atoms with Crippen molar-refractivity contribution < 1.29 is 4.79 Å². The molecular formula is C17H28N2O. The van der Waals surface area contributed by atoms with E-state index in [2.05, 4.69) is 10.2 Å². The molecule has 2 saturated carbocycles. The maximum absolute atomic E-state index is 12.7. The Kier molecular flexibility index (Phi) is 3.49. The molecule has 4 fully saturated rings. The van der Waals surface area contributed by atoms with E-state index in [0.29, 0.717) is 23.9 Å². The van der Waals surface area contributed by atoms with Gasteiger partial charge in [0.1, 0.15) is 0 Å². The minimum absolute atomic E-state index is 0.398. The minimum atomic E-state index is 0.398. The average molecular weight is 276 g/mol. The maximum atomic E-state index is 12.7. The zero-order valence-electron chi connectivity index (χ0n) is 12.5. The molecule has 0 radical (unpaired) electrons. The molecule has 2 bridgehead atoms. The van der Waals surface area contributed by atoms with Crippen LogP contribution in [0.25, 0.3) is 0 Å². The van der Waals surface area contributed by atoms with Crippen LogP contribution in [0.4, 0.5) is 0 Å². The number of hydrogen-bond acceptors (Lipinski definition) is 2. The van der Waals surface area contributed by atoms with Crippen molar-refractivity contribution in [1.29, 1.82) is 0 Å². The normalized spacial score (nSPS) is 41.5. The van der Waals surface area contributed by atoms with Crippen molar-refractivity contribution in [1.82, 2.24) is 10.2 Å². The van der Waals surface area contributed by atoms with Gasteiger partial charge in [-0.05, 0) is 37.5 Å². The summed E-state index contributed by atoms with van der Waals surface area (Å²) >= 11 is 0. The van der Waals surface area contributed by atoms with Gasteiger partial charge < -0.3 is 10.2 Å². The number of carbonyl (C=O) groups excluding carboxylic acids is 1. The molecule has 2 heterocycles. The highest BCUT2D eigenvalue weighted by atomic mass is 16.2. The van der Waals surface area contributed by atoms with Gasteiger partial charge in [-0.15, -0.1) is 0 Å². The van der Waals surface area contributed by atoms with Crippen LogP contribution in [0.2, 0.25) is 0 Å². The van der Waals surface area contributed by atoms with E-state index in [1.807, 2.05) is 0 Å². The van der Waals surface area contributed by atoms with Crippen molar-refractivity contribution >= 4 is 5.91 Å². The summed E-state index contributed by atoms with van der Waals surface area (Å²) in [5.74, 6) is 2.51. The highest BCUT2D eigenvalue weighted by Gasteiger charge is 2.49. The molecule has 4 aliphatic rings. The van der Waals surface area contributed by atoms with Crippen LogP contribution < -0.4 is 5.32 Å². The summed E-state index contributed by atoms with van der Waals surface area (Å²) in [5, 5.41) is 3.68. The van der Waals surface area contributed by atoms with Crippen LogP contribution in [-0.2, 0) is 4.79 Å². The maximum Gasteiger partial charge on any atom is 0.226 e. The zero-order chi connectivity index (χ0) is 13.5. The molecule has 0 aromatic heterocycles. The molecule has 0 aromatic rings. The molecule has 4 unspecified atom stereocenters. The molecule has 4 atom stereocenters. The number of rotatable bonds is 2. The molecular weight excluding hydrogens is 248 g/mol. The van der Waals surface area contributed by atoms with Crippen LogP contribution in [0, 0.1) is 17.8 Å². The van der Waals surface area contributed by atoms with Gasteiger partial charge in [-0.25, -0.2) is 0 Å². The van der Waals surface area contributed by atoms with Gasteiger partial charge >= 0.3 is 0 Å². The summed E-state index contributed by atoms with van der Waals surface area (Å²) in [7, 11) is 0. The Labute approximate surface area is 122 Å². The second-order valence-electron chi connectivity index (χ2n) is 7.61. The largest absolute Gasteiger partial charge is 0.341 e. The number of nitrogens with one attached hydrogen (secondary N) is 1. The van der Waals surface area contributed by atoms with Crippen LogP contribution >= 0.6 is 0 Å². The highest BCUT2D eigenvalue weighted by molar-refractivity contribution is 5.81. The van der Waals surface area contributed by atoms with E-state index in [4.69, 9.17) is 0 Å². The van der Waals surface area contributed by atoms with E-state index in [-0.39, 0.29) is 0 Å². The monoisotopic (exact) mass is 276 g/mol. The first-order chi connectivity index (χ1) is 9.81. The topological polar surface area (TPSA) is 32.3 Å². The fourth-order valence-electron chi connectivity index (χ4n) is 4.96. The second-order valence-corrected chi connectivity index (χ2v) is 7.61. The van der Waals surface area contributed by atoms with Crippen molar-refractivity contribution in [2.45, 2.75) is 69.9 Å². The fourth-order valence-corrected chi connectivity index (χ4v) is 4.96. The summed E-state index contributed by atoms with van der Waals surface area (Å²) in [5.41, 5.74) is 0. The predicted molar refractivity (Wildman–Crippen MR) is 79.3 cm³/mol. The van der Waals surface area contributed by atoms with Crippen molar-refractivity contribution in [2.24, 2.45) is 17.8 Å². The van der Waals surface area contributed by atoms with Crippen molar-refractivity contribution in [3.05, 3.63) is 0 Å². The molecule has 2 aliphatic heterocycles. The minimum Gasteiger partial charge on any atom is -0.341 e. The summed E-state index contributed by atoms with van der Waals surface area (Å²) in [4.78, 5) is 14.9. The number of fused-ring (bicyclic) bond motifs is 2. The van der Waals surface area contributed by atoms with E-state index < -0.39 is 0 Å². The van der Waals surface area contributed by atoms with E-state index in [1.165, 1.54) is 57.8 Å². The van der Waals surface area contributed by atoms with Crippen molar-refractivity contribution in [3.63, 3.8) is 0 Å². The Bertz CT molecular complexity index is 377. The Morgan fingerprint density at radius 2 is 1.75 bits per heavy atom. The van der Waals surface area contributed by atoms with Crippen LogP contribution in [0.5, 0.6) is 0 Å². The van der Waals surface area contributed by atoms with Crippen molar-refractivity contribution in [2.75, 3.05) is 13.1 Å². The van der Waals surface area contributed by atoms with E-state index >= 15 is 0 Å². The molecule has 1 amide bonds. The molecule has 0 aromatic carbocycles. The lowest BCUT2D eigenvalue weighted by atomic mass is 9.85. The van der Waals surface area contributed by atoms with Crippen LogP contribution in [0.1, 0.15) is 57.8 Å². The first kappa shape index (κ1) is 13.1. The molecule has 0 spiro atoms. The highest BCUT2D eigenvalue weighted by Crippen LogP contribution is 2.50. The van der Waals surface area contributed by atoms with Gasteiger partial charge in [0.25, 0.3) is 0 Å². The lowest BCUT2D eigenvalue weighted by Crippen LogP contribution is -2.40. The number of carbonyl (C=O) groups is 1. The zero-order valence-corrected chi connectivity index (χ0v) is 12.5. The standard InChI is InChI=1S/C17H28N2O/c20-17(16-10-15(16)12-4-2-1-3-5-12)19-9-8-13-6-7-14(11-19)18-13/h12-16,18H,1-11H2. The summed E-state index contributed by atoms with van der Waals surface area (Å²) in [6.45, 7) is 1.98. The van der Waals surface area contributed by atoms with Gasteiger partial charge in [0.15, 0.2) is 0 Å². The summed E-state index contributed by atoms with van der Waals surface area (Å²) in [6.07, 6.45) is 12.0. The Morgan fingerprint density at radius 1 is 0.950 bits per heavy atom. The molecule has 1 N–H and O–H groups in total. The van der Waals surface area contributed by atoms with E-state index in [9.17, 15) is 4.79 Å². The van der Waals surface area contributed by atoms with E-state index in [0.717, 1.165) is 24.9 Å².